The Morgan fingerprint density at radius 3 is 2.62 bits per heavy atom. The normalized spacial score (nSPS) is 13.6. The van der Waals surface area contributed by atoms with E-state index in [1.165, 1.54) is 0 Å². The highest BCUT2D eigenvalue weighted by Gasteiger charge is 2.10. The Morgan fingerprint density at radius 2 is 2.08 bits per heavy atom. The van der Waals surface area contributed by atoms with E-state index in [1.807, 2.05) is 0 Å². The molecule has 0 spiro atoms. The molecule has 0 aliphatic rings. The number of rotatable bonds is 2. The van der Waals surface area contributed by atoms with Crippen molar-refractivity contribution in [3.63, 3.8) is 0 Å². The number of ether oxygens (including phenoxy) is 1. The molecule has 13 heavy (non-hydrogen) atoms. The number of esters is 1. The van der Waals surface area contributed by atoms with Crippen LogP contribution in [-0.2, 0) is 4.79 Å². The van der Waals surface area contributed by atoms with E-state index in [9.17, 15) is 9.59 Å². The zero-order valence-corrected chi connectivity index (χ0v) is 6.67. The third-order valence-electron chi connectivity index (χ3n) is 1.11. The molecule has 0 fully saturated rings. The van der Waals surface area contributed by atoms with Gasteiger partial charge < -0.3 is 9.84 Å². The Kier molecular flexibility index (Phi) is 1.43. The summed E-state index contributed by atoms with van der Waals surface area (Å²) in [6.07, 6.45) is 0. The smallest absolute Gasteiger partial charge is 0.339 e. The van der Waals surface area contributed by atoms with Gasteiger partial charge in [-0.05, 0) is 12.1 Å². The lowest BCUT2D eigenvalue weighted by atomic mass is 10.2. The van der Waals surface area contributed by atoms with Crippen molar-refractivity contribution < 1.29 is 24.9 Å². The molecule has 1 rings (SSSR count). The fourth-order valence-electron chi connectivity index (χ4n) is 0.672. The van der Waals surface area contributed by atoms with Gasteiger partial charge in [0.25, 0.3) is 0 Å². The second kappa shape index (κ2) is 3.71. The lowest BCUT2D eigenvalue weighted by molar-refractivity contribution is -0.131. The lowest BCUT2D eigenvalue weighted by Crippen LogP contribution is -2.06. The number of para-hydroxylation sites is 1. The molecule has 0 unspecified atom stereocenters. The Labute approximate surface area is 80.4 Å². The SMILES string of the molecule is [2H]c1c([2H])c([2H])c(C(=O)O)c(OC(C)=O)c1[2H]. The Balaban J connectivity index is 3.65. The maximum Gasteiger partial charge on any atom is 0.339 e. The molecule has 0 aromatic heterocycles. The summed E-state index contributed by atoms with van der Waals surface area (Å²) in [7, 11) is 0. The highest BCUT2D eigenvalue weighted by Crippen LogP contribution is 2.17. The van der Waals surface area contributed by atoms with Gasteiger partial charge in [-0.1, -0.05) is 12.1 Å². The number of carbonyl (C=O) groups excluding carboxylic acids is 1. The summed E-state index contributed by atoms with van der Waals surface area (Å²) in [5.41, 5.74) is -0.758. The molecule has 4 heteroatoms. The van der Waals surface area contributed by atoms with Crippen LogP contribution in [0, 0.1) is 0 Å². The van der Waals surface area contributed by atoms with E-state index in [0.29, 0.717) is 0 Å². The molecule has 0 saturated heterocycles. The molecule has 0 bridgehead atoms. The van der Waals surface area contributed by atoms with Crippen LogP contribution < -0.4 is 4.74 Å². The molecule has 0 aliphatic heterocycles. The molecule has 1 N–H and O–H groups in total. The van der Waals surface area contributed by atoms with Crippen LogP contribution in [-0.4, -0.2) is 17.0 Å². The summed E-state index contributed by atoms with van der Waals surface area (Å²) in [5, 5.41) is 8.86. The maximum absolute atomic E-state index is 10.9. The molecular formula is C9H8O4. The van der Waals surface area contributed by atoms with Gasteiger partial charge >= 0.3 is 11.9 Å². The minimum atomic E-state index is -1.59. The Hall–Kier alpha value is -1.84. The van der Waals surface area contributed by atoms with E-state index in [1.54, 1.807) is 0 Å². The van der Waals surface area contributed by atoms with Crippen LogP contribution >= 0.6 is 0 Å². The number of hydrogen-bond donors (Lipinski definition) is 1. The average Bonchev–Trinajstić information content (AvgIpc) is 2.22. The third-order valence-corrected chi connectivity index (χ3v) is 1.11. The number of benzene rings is 1. The zero-order valence-electron chi connectivity index (χ0n) is 10.7. The Morgan fingerprint density at radius 1 is 1.46 bits per heavy atom. The molecule has 0 heterocycles. The Bertz CT molecular complexity index is 512. The first-order valence-corrected chi connectivity index (χ1v) is 3.29. The summed E-state index contributed by atoms with van der Waals surface area (Å²) >= 11 is 0. The molecule has 0 aliphatic carbocycles. The molecule has 68 valence electrons. The van der Waals surface area contributed by atoms with Crippen LogP contribution in [0.5, 0.6) is 5.75 Å². The average molecular weight is 184 g/mol. The minimum absolute atomic E-state index is 0.656. The van der Waals surface area contributed by atoms with E-state index in [0.717, 1.165) is 6.92 Å². The van der Waals surface area contributed by atoms with Crippen molar-refractivity contribution in [3.05, 3.63) is 29.7 Å². The number of carboxylic acids is 1. The summed E-state index contributed by atoms with van der Waals surface area (Å²) in [4.78, 5) is 21.7. The molecule has 4 nitrogen and oxygen atoms in total. The van der Waals surface area contributed by atoms with Gasteiger partial charge in [-0.2, -0.15) is 0 Å². The van der Waals surface area contributed by atoms with Gasteiger partial charge in [0.1, 0.15) is 11.3 Å². The second-order valence-electron chi connectivity index (χ2n) is 2.10. The van der Waals surface area contributed by atoms with Gasteiger partial charge in [0, 0.05) is 6.92 Å². The minimum Gasteiger partial charge on any atom is -0.478 e. The lowest BCUT2D eigenvalue weighted by Gasteiger charge is -2.03. The van der Waals surface area contributed by atoms with Gasteiger partial charge in [-0.3, -0.25) is 4.79 Å². The molecule has 1 aromatic rings. The monoisotopic (exact) mass is 184 g/mol. The number of carboxylic acid groups (broad SMARTS) is 1. The van der Waals surface area contributed by atoms with Crippen LogP contribution in [0.1, 0.15) is 22.8 Å². The predicted molar refractivity (Wildman–Crippen MR) is 44.7 cm³/mol. The summed E-state index contributed by atoms with van der Waals surface area (Å²) < 4.78 is 34.0. The number of hydrogen-bond acceptors (Lipinski definition) is 3. The van der Waals surface area contributed by atoms with E-state index < -0.39 is 47.4 Å². The maximum atomic E-state index is 10.9. The molecule has 1 aromatic carbocycles. The predicted octanol–water partition coefficient (Wildman–Crippen LogP) is 1.31. The van der Waals surface area contributed by atoms with E-state index in [2.05, 4.69) is 4.74 Å². The van der Waals surface area contributed by atoms with Gasteiger partial charge in [-0.25, -0.2) is 4.79 Å². The molecule has 0 saturated carbocycles. The van der Waals surface area contributed by atoms with Gasteiger partial charge in [-0.15, -0.1) is 0 Å². The van der Waals surface area contributed by atoms with Crippen LogP contribution in [0.3, 0.4) is 0 Å². The summed E-state index contributed by atoms with van der Waals surface area (Å²) in [6, 6.07) is -2.80. The van der Waals surface area contributed by atoms with Crippen LogP contribution in [0.25, 0.3) is 0 Å². The first-order chi connectivity index (χ1) is 7.77. The zero-order chi connectivity index (χ0) is 13.3. The fourth-order valence-corrected chi connectivity index (χ4v) is 0.672. The van der Waals surface area contributed by atoms with E-state index in [-0.39, 0.29) is 0 Å². The van der Waals surface area contributed by atoms with Crippen molar-refractivity contribution in [1.29, 1.82) is 0 Å². The van der Waals surface area contributed by atoms with Crippen LogP contribution in [0.15, 0.2) is 24.2 Å². The van der Waals surface area contributed by atoms with Crippen molar-refractivity contribution in [3.8, 4) is 5.75 Å². The standard InChI is InChI=1S/C9H8O4/c1-6(10)13-8-5-3-2-4-7(8)9(11)12/h2-5H,1H3,(H,11,12)/i2D,3D,4D,5D. The summed E-state index contributed by atoms with van der Waals surface area (Å²) in [6.45, 7) is 1.01. The van der Waals surface area contributed by atoms with Crippen molar-refractivity contribution in [1.82, 2.24) is 0 Å². The van der Waals surface area contributed by atoms with Gasteiger partial charge in [0.15, 0.2) is 0 Å². The van der Waals surface area contributed by atoms with Crippen LogP contribution in [0.2, 0.25) is 0 Å². The topological polar surface area (TPSA) is 63.6 Å². The van der Waals surface area contributed by atoms with Crippen molar-refractivity contribution in [2.45, 2.75) is 6.92 Å². The van der Waals surface area contributed by atoms with Gasteiger partial charge in [0.05, 0.1) is 5.48 Å². The molecule has 0 amide bonds. The first-order valence-electron chi connectivity index (χ1n) is 5.29. The van der Waals surface area contributed by atoms with Crippen molar-refractivity contribution in [2.75, 3.05) is 0 Å². The molecular weight excluding hydrogens is 172 g/mol. The first kappa shape index (κ1) is 5.01. The van der Waals surface area contributed by atoms with Crippen LogP contribution in [0.4, 0.5) is 0 Å². The summed E-state index contributed by atoms with van der Waals surface area (Å²) in [5.74, 6) is -3.12. The van der Waals surface area contributed by atoms with E-state index in [4.69, 9.17) is 10.6 Å². The number of aromatic carboxylic acids is 1. The number of carbonyl (C=O) groups is 2. The van der Waals surface area contributed by atoms with Crippen molar-refractivity contribution >= 4 is 11.9 Å². The van der Waals surface area contributed by atoms with Gasteiger partial charge in [0.2, 0.25) is 0 Å². The highest BCUT2D eigenvalue weighted by molar-refractivity contribution is 5.91. The van der Waals surface area contributed by atoms with Crippen molar-refractivity contribution in [2.24, 2.45) is 0 Å². The highest BCUT2D eigenvalue weighted by atomic mass is 16.5. The molecule has 0 radical (unpaired) electrons. The quantitative estimate of drug-likeness (QED) is 0.556. The third kappa shape index (κ3) is 2.30. The molecule has 0 atom stereocenters. The second-order valence-corrected chi connectivity index (χ2v) is 2.10. The largest absolute Gasteiger partial charge is 0.478 e. The fraction of sp³-hybridized carbons (Fsp3) is 0.111. The van der Waals surface area contributed by atoms with E-state index >= 15 is 0 Å².